The number of carbonyl (C=O) groups is 1. The van der Waals surface area contributed by atoms with Gasteiger partial charge < -0.3 is 20.5 Å². The number of nitrogens with one attached hydrogen (secondary N) is 1. The summed E-state index contributed by atoms with van der Waals surface area (Å²) in [6, 6.07) is 6.07. The van der Waals surface area contributed by atoms with Crippen molar-refractivity contribution in [3.63, 3.8) is 0 Å². The number of ether oxygens (including phenoxy) is 2. The molecule has 1 aromatic rings. The molecule has 5 nitrogen and oxygen atoms in total. The van der Waals surface area contributed by atoms with E-state index in [1.54, 1.807) is 0 Å². The second-order valence-corrected chi connectivity index (χ2v) is 6.93. The van der Waals surface area contributed by atoms with Crippen LogP contribution >= 0.6 is 0 Å². The van der Waals surface area contributed by atoms with Crippen LogP contribution in [0.2, 0.25) is 0 Å². The van der Waals surface area contributed by atoms with E-state index in [2.05, 4.69) is 5.32 Å². The van der Waals surface area contributed by atoms with Gasteiger partial charge in [0.25, 0.3) is 0 Å². The van der Waals surface area contributed by atoms with Crippen LogP contribution in [0.1, 0.15) is 50.7 Å². The monoisotopic (exact) mass is 348 g/mol. The molecule has 0 radical (unpaired) electrons. The molecule has 1 aliphatic rings. The molecule has 0 bridgehead atoms. The van der Waals surface area contributed by atoms with E-state index < -0.39 is 5.41 Å². The Bertz CT molecular complexity index is 556. The lowest BCUT2D eigenvalue weighted by Crippen LogP contribution is -2.45. The average molecular weight is 348 g/mol. The van der Waals surface area contributed by atoms with Gasteiger partial charge >= 0.3 is 0 Å². The van der Waals surface area contributed by atoms with Crippen molar-refractivity contribution < 1.29 is 14.3 Å². The molecule has 0 spiro atoms. The standard InChI is InChI=1S/C20H32N2O3/c1-4-20(5-2,14-21)19(23)22-12-16-9-8-15(3)11-18(16)25-13-17-7-6-10-24-17/h8-9,11,17H,4-7,10,12-14,21H2,1-3H3,(H,22,23). The highest BCUT2D eigenvalue weighted by atomic mass is 16.5. The molecule has 140 valence electrons. The second kappa shape index (κ2) is 9.20. The molecule has 0 saturated carbocycles. The van der Waals surface area contributed by atoms with Gasteiger partial charge in [-0.15, -0.1) is 0 Å². The molecule has 1 aromatic carbocycles. The van der Waals surface area contributed by atoms with Gasteiger partial charge in [-0.2, -0.15) is 0 Å². The van der Waals surface area contributed by atoms with E-state index in [9.17, 15) is 4.79 Å². The number of amides is 1. The van der Waals surface area contributed by atoms with E-state index in [-0.39, 0.29) is 12.0 Å². The third kappa shape index (κ3) is 4.95. The van der Waals surface area contributed by atoms with Gasteiger partial charge in [-0.05, 0) is 44.2 Å². The summed E-state index contributed by atoms with van der Waals surface area (Å²) in [4.78, 5) is 12.6. The topological polar surface area (TPSA) is 73.6 Å². The van der Waals surface area contributed by atoms with Crippen LogP contribution in [0.25, 0.3) is 0 Å². The quantitative estimate of drug-likeness (QED) is 0.720. The summed E-state index contributed by atoms with van der Waals surface area (Å²) in [5.74, 6) is 0.841. The zero-order valence-corrected chi connectivity index (χ0v) is 15.8. The summed E-state index contributed by atoms with van der Waals surface area (Å²) in [7, 11) is 0. The van der Waals surface area contributed by atoms with Gasteiger partial charge in [0.2, 0.25) is 5.91 Å². The van der Waals surface area contributed by atoms with Crippen LogP contribution in [-0.2, 0) is 16.1 Å². The first kappa shape index (κ1) is 19.7. The minimum Gasteiger partial charge on any atom is -0.491 e. The van der Waals surface area contributed by atoms with Gasteiger partial charge in [-0.1, -0.05) is 26.0 Å². The summed E-state index contributed by atoms with van der Waals surface area (Å²) in [6.07, 6.45) is 3.79. The zero-order valence-electron chi connectivity index (χ0n) is 15.8. The van der Waals surface area contributed by atoms with Crippen molar-refractivity contribution in [2.24, 2.45) is 11.1 Å². The van der Waals surface area contributed by atoms with Gasteiger partial charge in [0.05, 0.1) is 11.5 Å². The summed E-state index contributed by atoms with van der Waals surface area (Å²) < 4.78 is 11.6. The van der Waals surface area contributed by atoms with Crippen molar-refractivity contribution in [3.8, 4) is 5.75 Å². The molecule has 5 heteroatoms. The molecule has 1 fully saturated rings. The number of aryl methyl sites for hydroxylation is 1. The van der Waals surface area contributed by atoms with Gasteiger partial charge in [0.1, 0.15) is 12.4 Å². The Labute approximate surface area is 151 Å². The molecule has 1 unspecified atom stereocenters. The maximum Gasteiger partial charge on any atom is 0.227 e. The first-order chi connectivity index (χ1) is 12.0. The Morgan fingerprint density at radius 2 is 2.16 bits per heavy atom. The molecular weight excluding hydrogens is 316 g/mol. The van der Waals surface area contributed by atoms with Crippen LogP contribution < -0.4 is 15.8 Å². The van der Waals surface area contributed by atoms with E-state index in [4.69, 9.17) is 15.2 Å². The average Bonchev–Trinajstić information content (AvgIpc) is 3.14. The Kier molecular flexibility index (Phi) is 7.26. The van der Waals surface area contributed by atoms with E-state index >= 15 is 0 Å². The predicted molar refractivity (Wildman–Crippen MR) is 99.6 cm³/mol. The number of carbonyl (C=O) groups excluding carboxylic acids is 1. The maximum atomic E-state index is 12.6. The minimum absolute atomic E-state index is 0.0191. The van der Waals surface area contributed by atoms with Crippen LogP contribution in [0.4, 0.5) is 0 Å². The predicted octanol–water partition coefficient (Wildman–Crippen LogP) is 2.93. The molecule has 1 heterocycles. The van der Waals surface area contributed by atoms with Crippen molar-refractivity contribution in [1.29, 1.82) is 0 Å². The summed E-state index contributed by atoms with van der Waals surface area (Å²) in [5.41, 5.74) is 7.50. The molecule has 1 aliphatic heterocycles. The molecule has 3 N–H and O–H groups in total. The largest absolute Gasteiger partial charge is 0.491 e. The van der Waals surface area contributed by atoms with Gasteiger partial charge in [0, 0.05) is 25.3 Å². The van der Waals surface area contributed by atoms with E-state index in [0.717, 1.165) is 49.2 Å². The molecule has 0 aliphatic carbocycles. The van der Waals surface area contributed by atoms with Gasteiger partial charge in [-0.25, -0.2) is 0 Å². The second-order valence-electron chi connectivity index (χ2n) is 6.93. The summed E-state index contributed by atoms with van der Waals surface area (Å²) in [6.45, 7) is 8.25. The highest BCUT2D eigenvalue weighted by Crippen LogP contribution is 2.26. The molecule has 1 amide bonds. The third-order valence-corrected chi connectivity index (χ3v) is 5.34. The normalized spacial score (nSPS) is 17.5. The highest BCUT2D eigenvalue weighted by Gasteiger charge is 2.33. The zero-order chi connectivity index (χ0) is 18.3. The van der Waals surface area contributed by atoms with Crippen LogP contribution in [0.3, 0.4) is 0 Å². The lowest BCUT2D eigenvalue weighted by Gasteiger charge is -2.28. The fourth-order valence-electron chi connectivity index (χ4n) is 3.22. The van der Waals surface area contributed by atoms with Crippen molar-refractivity contribution in [1.82, 2.24) is 5.32 Å². The minimum atomic E-state index is -0.483. The summed E-state index contributed by atoms with van der Waals surface area (Å²) >= 11 is 0. The van der Waals surface area contributed by atoms with E-state index in [1.807, 2.05) is 39.0 Å². The SMILES string of the molecule is CCC(CC)(CN)C(=O)NCc1ccc(C)cc1OCC1CCCO1. The molecule has 1 atom stereocenters. The highest BCUT2D eigenvalue weighted by molar-refractivity contribution is 5.82. The van der Waals surface area contributed by atoms with Crippen molar-refractivity contribution >= 4 is 5.91 Å². The Morgan fingerprint density at radius 1 is 1.40 bits per heavy atom. The molecule has 0 aromatic heterocycles. The summed E-state index contributed by atoms with van der Waals surface area (Å²) in [5, 5.41) is 3.05. The number of hydrogen-bond acceptors (Lipinski definition) is 4. The molecular formula is C20H32N2O3. The van der Waals surface area contributed by atoms with Crippen LogP contribution in [0, 0.1) is 12.3 Å². The van der Waals surface area contributed by atoms with Crippen LogP contribution in [0.15, 0.2) is 18.2 Å². The first-order valence-electron chi connectivity index (χ1n) is 9.37. The molecule has 2 rings (SSSR count). The molecule has 1 saturated heterocycles. The fraction of sp³-hybridized carbons (Fsp3) is 0.650. The Balaban J connectivity index is 2.01. The lowest BCUT2D eigenvalue weighted by molar-refractivity contribution is -0.131. The Hall–Kier alpha value is -1.59. The fourth-order valence-corrected chi connectivity index (χ4v) is 3.22. The number of nitrogens with two attached hydrogens (primary N) is 1. The van der Waals surface area contributed by atoms with Crippen molar-refractivity contribution in [3.05, 3.63) is 29.3 Å². The number of benzene rings is 1. The molecule has 25 heavy (non-hydrogen) atoms. The first-order valence-corrected chi connectivity index (χ1v) is 9.37. The van der Waals surface area contributed by atoms with Crippen LogP contribution in [-0.4, -0.2) is 31.8 Å². The van der Waals surface area contributed by atoms with Gasteiger partial charge in [0.15, 0.2) is 0 Å². The third-order valence-electron chi connectivity index (χ3n) is 5.34. The van der Waals surface area contributed by atoms with Crippen LogP contribution in [0.5, 0.6) is 5.75 Å². The smallest absolute Gasteiger partial charge is 0.227 e. The van der Waals surface area contributed by atoms with E-state index in [1.165, 1.54) is 0 Å². The van der Waals surface area contributed by atoms with E-state index in [0.29, 0.717) is 19.7 Å². The van der Waals surface area contributed by atoms with Crippen molar-refractivity contribution in [2.45, 2.75) is 59.1 Å². The lowest BCUT2D eigenvalue weighted by atomic mass is 9.81. The van der Waals surface area contributed by atoms with Crippen molar-refractivity contribution in [2.75, 3.05) is 19.8 Å². The Morgan fingerprint density at radius 3 is 2.76 bits per heavy atom. The maximum absolute atomic E-state index is 12.6. The number of rotatable bonds is 9. The number of hydrogen-bond donors (Lipinski definition) is 2. The van der Waals surface area contributed by atoms with Gasteiger partial charge in [-0.3, -0.25) is 4.79 Å².